The molecule has 1 amide bonds. The third kappa shape index (κ3) is 4.28. The molecular weight excluding hydrogens is 486 g/mol. The number of carbonyl (C=O) groups is 1. The lowest BCUT2D eigenvalue weighted by Gasteiger charge is -2.47. The van der Waals surface area contributed by atoms with Gasteiger partial charge in [-0.05, 0) is 63.5 Å². The van der Waals surface area contributed by atoms with E-state index in [0.717, 1.165) is 96.0 Å². The van der Waals surface area contributed by atoms with Crippen LogP contribution < -0.4 is 9.64 Å². The molecule has 1 N–H and O–H groups in total. The van der Waals surface area contributed by atoms with Gasteiger partial charge in [-0.25, -0.2) is 0 Å². The van der Waals surface area contributed by atoms with Gasteiger partial charge in [0.25, 0.3) is 0 Å². The van der Waals surface area contributed by atoms with Gasteiger partial charge in [0.1, 0.15) is 5.75 Å². The Morgan fingerprint density at radius 3 is 2.92 bits per heavy atom. The molecule has 0 atom stereocenters. The van der Waals surface area contributed by atoms with E-state index in [9.17, 15) is 4.79 Å². The first-order valence-corrected chi connectivity index (χ1v) is 13.5. The molecule has 1 aromatic heterocycles. The maximum atomic E-state index is 12.6. The molecule has 1 spiro atoms. The molecule has 3 aliphatic rings. The summed E-state index contributed by atoms with van der Waals surface area (Å²) in [4.78, 5) is 19.0. The maximum Gasteiger partial charge on any atom is 0.246 e. The van der Waals surface area contributed by atoms with Crippen molar-refractivity contribution in [2.75, 3.05) is 58.3 Å². The molecule has 6 rings (SSSR count). The molecule has 2 fully saturated rings. The topological polar surface area (TPSA) is 64.7 Å². The largest absolute Gasteiger partial charge is 0.493 e. The number of aromatic nitrogens is 2. The van der Waals surface area contributed by atoms with Crippen LogP contribution in [0.1, 0.15) is 24.0 Å². The molecule has 0 aliphatic carbocycles. The van der Waals surface area contributed by atoms with E-state index < -0.39 is 0 Å². The molecule has 0 unspecified atom stereocenters. The van der Waals surface area contributed by atoms with Crippen molar-refractivity contribution in [3.8, 4) is 16.9 Å². The van der Waals surface area contributed by atoms with E-state index in [-0.39, 0.29) is 11.3 Å². The molecule has 2 saturated heterocycles. The van der Waals surface area contributed by atoms with Crippen LogP contribution in [-0.2, 0) is 11.2 Å². The molecule has 0 bridgehead atoms. The molecule has 194 valence electrons. The van der Waals surface area contributed by atoms with Crippen molar-refractivity contribution in [3.63, 3.8) is 0 Å². The number of rotatable bonds is 5. The molecule has 3 aromatic rings. The van der Waals surface area contributed by atoms with Crippen LogP contribution in [0.25, 0.3) is 22.0 Å². The third-order valence-corrected chi connectivity index (χ3v) is 8.45. The summed E-state index contributed by atoms with van der Waals surface area (Å²) < 4.78 is 6.26. The highest BCUT2D eigenvalue weighted by atomic mass is 35.5. The number of likely N-dealkylation sites (tertiary alicyclic amines) is 1. The van der Waals surface area contributed by atoms with Gasteiger partial charge < -0.3 is 19.4 Å². The molecule has 0 saturated carbocycles. The standard InChI is InChI=1S/C29H34ClN5O2/c1-19-8-9-22-21(15-31-32-22)25(19)26-27(30)23(14-20-6-5-13-37-28(20)26)34-12-10-29(16-34)17-35(18-29)24(36)7-4-11-33(2)3/h4,7-9,14-15H,5-6,10-13,16-18H2,1-3H3,(H,31,32)/b7-4+. The van der Waals surface area contributed by atoms with E-state index in [1.807, 2.05) is 36.2 Å². The minimum atomic E-state index is 0.112. The Bertz CT molecular complexity index is 1390. The van der Waals surface area contributed by atoms with Crippen molar-refractivity contribution < 1.29 is 9.53 Å². The van der Waals surface area contributed by atoms with Gasteiger partial charge in [0.05, 0.1) is 29.0 Å². The Hall–Kier alpha value is -3.03. The number of H-pyrrole nitrogens is 1. The molecule has 4 heterocycles. The zero-order valence-electron chi connectivity index (χ0n) is 21.8. The lowest BCUT2D eigenvalue weighted by atomic mass is 9.79. The van der Waals surface area contributed by atoms with Crippen LogP contribution >= 0.6 is 11.6 Å². The zero-order chi connectivity index (χ0) is 25.7. The van der Waals surface area contributed by atoms with Gasteiger partial charge in [-0.3, -0.25) is 9.89 Å². The number of ether oxygens (including phenoxy) is 1. The fraction of sp³-hybridized carbons (Fsp3) is 0.448. The van der Waals surface area contributed by atoms with Crippen LogP contribution in [0.5, 0.6) is 5.75 Å². The van der Waals surface area contributed by atoms with E-state index in [2.05, 4.69) is 40.2 Å². The fourth-order valence-electron chi connectivity index (χ4n) is 6.17. The van der Waals surface area contributed by atoms with Gasteiger partial charge in [-0.1, -0.05) is 23.7 Å². The predicted molar refractivity (Wildman–Crippen MR) is 149 cm³/mol. The first kappa shape index (κ1) is 24.3. The van der Waals surface area contributed by atoms with Crippen LogP contribution in [0.15, 0.2) is 36.5 Å². The molecule has 8 heteroatoms. The lowest BCUT2D eigenvalue weighted by Crippen LogP contribution is -2.59. The second-order valence-electron chi connectivity index (χ2n) is 11.1. The number of anilines is 1. The van der Waals surface area contributed by atoms with E-state index in [1.165, 1.54) is 5.56 Å². The molecule has 3 aliphatic heterocycles. The van der Waals surface area contributed by atoms with Gasteiger partial charge in [0.2, 0.25) is 5.91 Å². The summed E-state index contributed by atoms with van der Waals surface area (Å²) in [7, 11) is 4.00. The highest BCUT2D eigenvalue weighted by Gasteiger charge is 2.49. The quantitative estimate of drug-likeness (QED) is 0.496. The summed E-state index contributed by atoms with van der Waals surface area (Å²) >= 11 is 7.29. The highest BCUT2D eigenvalue weighted by molar-refractivity contribution is 6.37. The van der Waals surface area contributed by atoms with Crippen molar-refractivity contribution in [1.29, 1.82) is 0 Å². The first-order chi connectivity index (χ1) is 17.8. The minimum Gasteiger partial charge on any atom is -0.493 e. The molecule has 2 aromatic carbocycles. The normalized spacial score (nSPS) is 18.6. The number of likely N-dealkylation sites (N-methyl/N-ethyl adjacent to an activating group) is 1. The van der Waals surface area contributed by atoms with Crippen LogP contribution in [0, 0.1) is 12.3 Å². The first-order valence-electron chi connectivity index (χ1n) is 13.1. The predicted octanol–water partition coefficient (Wildman–Crippen LogP) is 4.67. The van der Waals surface area contributed by atoms with E-state index in [0.29, 0.717) is 6.61 Å². The summed E-state index contributed by atoms with van der Waals surface area (Å²) in [6.45, 7) is 7.06. The zero-order valence-corrected chi connectivity index (χ0v) is 22.6. The van der Waals surface area contributed by atoms with E-state index in [4.69, 9.17) is 16.3 Å². The van der Waals surface area contributed by atoms with Crippen molar-refractivity contribution in [1.82, 2.24) is 20.0 Å². The number of aromatic amines is 1. The van der Waals surface area contributed by atoms with E-state index in [1.54, 1.807) is 6.08 Å². The Labute approximate surface area is 223 Å². The number of fused-ring (bicyclic) bond motifs is 2. The average molecular weight is 520 g/mol. The number of nitrogens with one attached hydrogen (secondary N) is 1. The number of halogens is 1. The molecule has 37 heavy (non-hydrogen) atoms. The van der Waals surface area contributed by atoms with Crippen LogP contribution in [0.2, 0.25) is 5.02 Å². The number of benzene rings is 2. The SMILES string of the molecule is Cc1ccc2[nH]ncc2c1-c1c(Cl)c(N2CCC3(CN(C(=O)/C=C/CN(C)C)C3)C2)cc2c1OCCC2. The minimum absolute atomic E-state index is 0.112. The Morgan fingerprint density at radius 1 is 1.27 bits per heavy atom. The molecular formula is C29H34ClN5O2. The Kier molecular flexibility index (Phi) is 6.16. The smallest absolute Gasteiger partial charge is 0.246 e. The summed E-state index contributed by atoms with van der Waals surface area (Å²) in [6, 6.07) is 6.43. The summed E-state index contributed by atoms with van der Waals surface area (Å²) in [5, 5.41) is 9.20. The van der Waals surface area contributed by atoms with Gasteiger partial charge in [0.15, 0.2) is 0 Å². The van der Waals surface area contributed by atoms with Gasteiger partial charge in [-0.15, -0.1) is 0 Å². The third-order valence-electron chi connectivity index (χ3n) is 8.07. The van der Waals surface area contributed by atoms with Crippen LogP contribution in [-0.4, -0.2) is 79.3 Å². The van der Waals surface area contributed by atoms with Gasteiger partial charge in [-0.2, -0.15) is 5.10 Å². The van der Waals surface area contributed by atoms with Crippen molar-refractivity contribution in [2.24, 2.45) is 5.41 Å². The number of amides is 1. The van der Waals surface area contributed by atoms with Crippen molar-refractivity contribution in [3.05, 3.63) is 52.7 Å². The second kappa shape index (κ2) is 9.37. The molecule has 0 radical (unpaired) electrons. The number of carbonyl (C=O) groups excluding carboxylic acids is 1. The monoisotopic (exact) mass is 519 g/mol. The fourth-order valence-corrected chi connectivity index (χ4v) is 6.52. The average Bonchev–Trinajstić information content (AvgIpc) is 3.51. The molecule has 7 nitrogen and oxygen atoms in total. The number of hydrogen-bond donors (Lipinski definition) is 1. The van der Waals surface area contributed by atoms with E-state index >= 15 is 0 Å². The number of aryl methyl sites for hydroxylation is 2. The Morgan fingerprint density at radius 2 is 2.11 bits per heavy atom. The van der Waals surface area contributed by atoms with Crippen molar-refractivity contribution >= 4 is 34.1 Å². The second-order valence-corrected chi connectivity index (χ2v) is 11.5. The lowest BCUT2D eigenvalue weighted by molar-refractivity contribution is -0.136. The summed E-state index contributed by atoms with van der Waals surface area (Å²) in [5.41, 5.74) is 6.65. The maximum absolute atomic E-state index is 12.6. The van der Waals surface area contributed by atoms with Crippen LogP contribution in [0.3, 0.4) is 0 Å². The van der Waals surface area contributed by atoms with Crippen molar-refractivity contribution in [2.45, 2.75) is 26.2 Å². The van der Waals surface area contributed by atoms with Crippen LogP contribution in [0.4, 0.5) is 5.69 Å². The number of hydrogen-bond acceptors (Lipinski definition) is 5. The highest BCUT2D eigenvalue weighted by Crippen LogP contribution is 2.51. The summed E-state index contributed by atoms with van der Waals surface area (Å²) in [6.07, 6.45) is 8.58. The Balaban J connectivity index is 1.30. The van der Waals surface area contributed by atoms with Gasteiger partial charge in [0, 0.05) is 60.7 Å². The number of nitrogens with zero attached hydrogens (tertiary/aromatic N) is 4. The summed E-state index contributed by atoms with van der Waals surface area (Å²) in [5.74, 6) is 1.02. The van der Waals surface area contributed by atoms with Gasteiger partial charge >= 0.3 is 0 Å².